The minimum Gasteiger partial charge on any atom is -0.508 e. The predicted molar refractivity (Wildman–Crippen MR) is 197 cm³/mol. The van der Waals surface area contributed by atoms with E-state index < -0.39 is 59.8 Å². The van der Waals surface area contributed by atoms with Crippen molar-refractivity contribution >= 4 is 53.8 Å². The van der Waals surface area contributed by atoms with Gasteiger partial charge in [0, 0.05) is 6.42 Å². The summed E-state index contributed by atoms with van der Waals surface area (Å²) in [5.41, 5.74) is 6.56. The van der Waals surface area contributed by atoms with Crippen molar-refractivity contribution in [1.82, 2.24) is 21.3 Å². The Hall–Kier alpha value is -3.81. The third kappa shape index (κ3) is 9.75. The lowest BCUT2D eigenvalue weighted by atomic mass is 9.48. The number of ether oxygens (including phenoxy) is 1. The third-order valence-electron chi connectivity index (χ3n) is 10.6. The number of halogens is 1. The average molecular weight is 744 g/mol. The molecule has 4 saturated carbocycles. The molecule has 0 unspecified atom stereocenters. The molecule has 0 spiro atoms. The van der Waals surface area contributed by atoms with Crippen LogP contribution in [-0.4, -0.2) is 84.0 Å². The van der Waals surface area contributed by atoms with E-state index in [1.807, 2.05) is 36.6 Å². The highest BCUT2D eigenvalue weighted by molar-refractivity contribution is 7.98. The van der Waals surface area contributed by atoms with Gasteiger partial charge in [0.05, 0.1) is 19.7 Å². The Labute approximate surface area is 309 Å². The monoisotopic (exact) mass is 743 g/mol. The normalized spacial score (nSPS) is 24.6. The van der Waals surface area contributed by atoms with Gasteiger partial charge in [-0.05, 0) is 104 Å². The molecule has 14 heteroatoms. The molecule has 3 atom stereocenters. The summed E-state index contributed by atoms with van der Waals surface area (Å²) in [6, 6.07) is 12.7. The molecule has 2 aromatic rings. The number of thioether (sulfide) groups is 1. The lowest BCUT2D eigenvalue weighted by Crippen LogP contribution is -2.72. The van der Waals surface area contributed by atoms with E-state index in [-0.39, 0.29) is 42.8 Å². The molecule has 0 heterocycles. The number of nitrogens with two attached hydrogens (primary N) is 1. The zero-order valence-electron chi connectivity index (χ0n) is 29.1. The van der Waals surface area contributed by atoms with Crippen molar-refractivity contribution in [2.75, 3.05) is 25.7 Å². The largest absolute Gasteiger partial charge is 0.508 e. The number of carbonyl (C=O) groups excluding carboxylic acids is 5. The summed E-state index contributed by atoms with van der Waals surface area (Å²) >= 11 is 1.51. The van der Waals surface area contributed by atoms with Crippen molar-refractivity contribution in [2.24, 2.45) is 29.4 Å². The number of benzene rings is 2. The molecule has 4 bridgehead atoms. The van der Waals surface area contributed by atoms with Crippen LogP contribution in [0.15, 0.2) is 54.6 Å². The van der Waals surface area contributed by atoms with Gasteiger partial charge in [0.25, 0.3) is 0 Å². The highest BCUT2D eigenvalue weighted by atomic mass is 35.5. The van der Waals surface area contributed by atoms with E-state index in [4.69, 9.17) is 10.5 Å². The molecule has 7 N–H and O–H groups in total. The van der Waals surface area contributed by atoms with Gasteiger partial charge in [-0.25, -0.2) is 4.79 Å². The minimum absolute atomic E-state index is 0. The van der Waals surface area contributed by atoms with Gasteiger partial charge in [0.2, 0.25) is 23.6 Å². The summed E-state index contributed by atoms with van der Waals surface area (Å²) in [4.78, 5) is 67.1. The Morgan fingerprint density at radius 1 is 0.843 bits per heavy atom. The van der Waals surface area contributed by atoms with Gasteiger partial charge in [0.15, 0.2) is 0 Å². The molecule has 0 saturated heterocycles. The number of rotatable bonds is 16. The van der Waals surface area contributed by atoms with Gasteiger partial charge in [-0.15, -0.1) is 12.4 Å². The summed E-state index contributed by atoms with van der Waals surface area (Å²) < 4.78 is 5.31. The maximum atomic E-state index is 14.1. The van der Waals surface area contributed by atoms with Crippen LogP contribution in [0.2, 0.25) is 0 Å². The van der Waals surface area contributed by atoms with Crippen molar-refractivity contribution in [3.05, 3.63) is 65.7 Å². The van der Waals surface area contributed by atoms with Crippen molar-refractivity contribution < 1.29 is 33.8 Å². The molecular formula is C37H50ClN5O7S. The fraction of sp³-hybridized carbons (Fsp3) is 0.541. The van der Waals surface area contributed by atoms with Crippen LogP contribution in [0.3, 0.4) is 0 Å². The molecule has 278 valence electrons. The first kappa shape index (κ1) is 40.0. The van der Waals surface area contributed by atoms with Crippen LogP contribution >= 0.6 is 24.2 Å². The summed E-state index contributed by atoms with van der Waals surface area (Å²) in [6.45, 7) is -0.431. The molecule has 2 aromatic carbocycles. The summed E-state index contributed by atoms with van der Waals surface area (Å²) in [5.74, 6) is -0.843. The molecule has 51 heavy (non-hydrogen) atoms. The lowest BCUT2D eigenvalue weighted by molar-refractivity contribution is -0.171. The zero-order chi connectivity index (χ0) is 35.8. The van der Waals surface area contributed by atoms with E-state index in [0.29, 0.717) is 24.0 Å². The second-order valence-corrected chi connectivity index (χ2v) is 15.0. The maximum absolute atomic E-state index is 14.1. The van der Waals surface area contributed by atoms with Gasteiger partial charge >= 0.3 is 5.97 Å². The second kappa shape index (κ2) is 18.1. The first-order valence-electron chi connectivity index (χ1n) is 17.4. The molecule has 4 aliphatic rings. The first-order chi connectivity index (χ1) is 24.0. The fourth-order valence-electron chi connectivity index (χ4n) is 8.33. The average Bonchev–Trinajstić information content (AvgIpc) is 3.10. The summed E-state index contributed by atoms with van der Waals surface area (Å²) in [7, 11) is 1.35. The standard InChI is InChI=1S/C37H49N5O7S.ClH/c1-49-36(48)37(26-15-24-14-25(17-26)18-27(37)16-24)42-35(47)31(20-22-6-4-3-5-7-22)40-32(44)21-39-34(46)30(12-13-50-2)41-33(45)29(38)19-23-8-10-28(43)11-9-23;/h3-11,24-27,29-31,43H,12-21,38H2,1-2H3,(H,39,46)(H,40,44)(H,41,45)(H,42,47);1H/t24?,25?,26?,27?,29-,30+,31-,37?;/m0./s1. The van der Waals surface area contributed by atoms with Gasteiger partial charge < -0.3 is 36.8 Å². The Kier molecular flexibility index (Phi) is 14.2. The quantitative estimate of drug-likeness (QED) is 0.140. The Bertz CT molecular complexity index is 1500. The van der Waals surface area contributed by atoms with Crippen LogP contribution in [0.25, 0.3) is 0 Å². The van der Waals surface area contributed by atoms with Gasteiger partial charge in [-0.3, -0.25) is 19.2 Å². The molecule has 6 rings (SSSR count). The molecule has 0 aromatic heterocycles. The van der Waals surface area contributed by atoms with E-state index >= 15 is 0 Å². The van der Waals surface area contributed by atoms with Crippen LogP contribution in [0.5, 0.6) is 5.75 Å². The van der Waals surface area contributed by atoms with E-state index in [0.717, 1.165) is 36.8 Å². The molecular weight excluding hydrogens is 694 g/mol. The van der Waals surface area contributed by atoms with Crippen molar-refractivity contribution in [2.45, 2.75) is 75.0 Å². The second-order valence-electron chi connectivity index (χ2n) is 14.0. The first-order valence-corrected chi connectivity index (χ1v) is 18.8. The number of hydrogen-bond acceptors (Lipinski definition) is 9. The highest BCUT2D eigenvalue weighted by Gasteiger charge is 2.62. The molecule has 4 fully saturated rings. The van der Waals surface area contributed by atoms with Crippen LogP contribution in [0.1, 0.15) is 49.7 Å². The number of hydrogen-bond donors (Lipinski definition) is 6. The zero-order valence-corrected chi connectivity index (χ0v) is 30.7. The smallest absolute Gasteiger partial charge is 0.332 e. The highest BCUT2D eigenvalue weighted by Crippen LogP contribution is 2.58. The van der Waals surface area contributed by atoms with Crippen molar-refractivity contribution in [3.8, 4) is 5.75 Å². The SMILES string of the molecule is COC(=O)C1(NC(=O)[C@H](Cc2ccccc2)NC(=O)CNC(=O)[C@@H](CCSC)NC(=O)[C@@H](N)Cc2ccc(O)cc2)C2CC3CC(C2)CC1C3.Cl. The third-order valence-corrected chi connectivity index (χ3v) is 11.3. The number of phenolic OH excluding ortho intramolecular Hbond substituents is 1. The Morgan fingerprint density at radius 2 is 1.45 bits per heavy atom. The minimum atomic E-state index is -1.14. The maximum Gasteiger partial charge on any atom is 0.332 e. The van der Waals surface area contributed by atoms with E-state index in [2.05, 4.69) is 21.3 Å². The summed E-state index contributed by atoms with van der Waals surface area (Å²) in [6.07, 6.45) is 7.19. The van der Waals surface area contributed by atoms with Crippen molar-refractivity contribution in [3.63, 3.8) is 0 Å². The van der Waals surface area contributed by atoms with E-state index in [1.165, 1.54) is 37.4 Å². The number of methoxy groups -OCH3 is 1. The summed E-state index contributed by atoms with van der Waals surface area (Å²) in [5, 5.41) is 20.8. The number of carbonyl (C=O) groups is 5. The Balaban J connectivity index is 0.00000583. The molecule has 4 amide bonds. The lowest BCUT2D eigenvalue weighted by Gasteiger charge is -2.59. The molecule has 4 aliphatic carbocycles. The van der Waals surface area contributed by atoms with Gasteiger partial charge in [-0.1, -0.05) is 42.5 Å². The molecule has 0 aliphatic heterocycles. The molecule has 0 radical (unpaired) electrons. The Morgan fingerprint density at radius 3 is 2.04 bits per heavy atom. The fourth-order valence-corrected chi connectivity index (χ4v) is 8.80. The number of nitrogens with one attached hydrogen (secondary N) is 4. The van der Waals surface area contributed by atoms with Crippen LogP contribution < -0.4 is 27.0 Å². The van der Waals surface area contributed by atoms with Gasteiger partial charge in [-0.2, -0.15) is 11.8 Å². The number of amides is 4. The van der Waals surface area contributed by atoms with E-state index in [9.17, 15) is 29.1 Å². The number of aromatic hydroxyl groups is 1. The van der Waals surface area contributed by atoms with E-state index in [1.54, 1.807) is 12.1 Å². The van der Waals surface area contributed by atoms with Crippen LogP contribution in [0, 0.1) is 23.7 Å². The molecule has 12 nitrogen and oxygen atoms in total. The van der Waals surface area contributed by atoms with Crippen LogP contribution in [-0.2, 0) is 41.6 Å². The van der Waals surface area contributed by atoms with Gasteiger partial charge in [0.1, 0.15) is 23.4 Å². The van der Waals surface area contributed by atoms with Crippen molar-refractivity contribution in [1.29, 1.82) is 0 Å². The number of phenols is 1. The topological polar surface area (TPSA) is 189 Å². The predicted octanol–water partition coefficient (Wildman–Crippen LogP) is 2.25. The number of esters is 1. The van der Waals surface area contributed by atoms with Crippen LogP contribution in [0.4, 0.5) is 0 Å².